The molecule has 0 aromatic heterocycles. The van der Waals surface area contributed by atoms with Crippen molar-refractivity contribution in [1.82, 2.24) is 5.32 Å². The monoisotopic (exact) mass is 285 g/mol. The van der Waals surface area contributed by atoms with Crippen LogP contribution in [0, 0.1) is 5.92 Å². The Morgan fingerprint density at radius 3 is 2.35 bits per heavy atom. The third-order valence-corrected chi connectivity index (χ3v) is 4.57. The molecule has 0 aliphatic carbocycles. The molecule has 1 aliphatic rings. The Morgan fingerprint density at radius 1 is 1.25 bits per heavy atom. The van der Waals surface area contributed by atoms with Crippen LogP contribution in [0.5, 0.6) is 0 Å². The molecule has 3 heteroatoms. The van der Waals surface area contributed by atoms with Gasteiger partial charge < -0.3 is 14.8 Å². The van der Waals surface area contributed by atoms with Gasteiger partial charge in [-0.3, -0.25) is 0 Å². The fourth-order valence-corrected chi connectivity index (χ4v) is 3.54. The van der Waals surface area contributed by atoms with Gasteiger partial charge in [0, 0.05) is 19.1 Å². The predicted molar refractivity (Wildman–Crippen MR) is 85.1 cm³/mol. The van der Waals surface area contributed by atoms with E-state index in [1.807, 2.05) is 0 Å². The highest BCUT2D eigenvalue weighted by atomic mass is 16.5. The molecule has 1 heterocycles. The number of rotatable bonds is 8. The van der Waals surface area contributed by atoms with Crippen LogP contribution in [0.1, 0.15) is 67.2 Å². The molecule has 0 radical (unpaired) electrons. The van der Waals surface area contributed by atoms with Crippen LogP contribution in [-0.4, -0.2) is 37.0 Å². The van der Waals surface area contributed by atoms with Crippen molar-refractivity contribution in [2.75, 3.05) is 13.7 Å². The fraction of sp³-hybridized carbons (Fsp3) is 1.00. The molecule has 3 nitrogen and oxygen atoms in total. The first kappa shape index (κ1) is 17.9. The first-order valence-corrected chi connectivity index (χ1v) is 8.18. The molecule has 0 amide bonds. The smallest absolute Gasteiger partial charge is 0.0677 e. The standard InChI is InChI=1S/C17H35NO2/c1-8-11-18-15(10-9-13(2)19-7)14-12-16(3,4)20-17(14,5)6/h13-15,18H,8-12H2,1-7H3. The van der Waals surface area contributed by atoms with Crippen molar-refractivity contribution in [2.24, 2.45) is 5.92 Å². The van der Waals surface area contributed by atoms with Crippen LogP contribution < -0.4 is 5.32 Å². The SMILES string of the molecule is CCCNC(CCC(C)OC)C1CC(C)(C)OC1(C)C. The third kappa shape index (κ3) is 5.01. The Hall–Kier alpha value is -0.120. The van der Waals surface area contributed by atoms with E-state index in [-0.39, 0.29) is 11.2 Å². The van der Waals surface area contributed by atoms with Gasteiger partial charge >= 0.3 is 0 Å². The molecule has 0 aromatic rings. The molecule has 1 N–H and O–H groups in total. The first-order valence-electron chi connectivity index (χ1n) is 8.18. The average Bonchev–Trinajstić information content (AvgIpc) is 2.57. The van der Waals surface area contributed by atoms with Gasteiger partial charge in [0.1, 0.15) is 0 Å². The number of hydrogen-bond donors (Lipinski definition) is 1. The summed E-state index contributed by atoms with van der Waals surface area (Å²) in [5.41, 5.74) is -0.0571. The summed E-state index contributed by atoms with van der Waals surface area (Å²) in [6.45, 7) is 14.4. The van der Waals surface area contributed by atoms with Crippen LogP contribution in [0.3, 0.4) is 0 Å². The summed E-state index contributed by atoms with van der Waals surface area (Å²) in [5, 5.41) is 3.75. The summed E-state index contributed by atoms with van der Waals surface area (Å²) in [5.74, 6) is 0.563. The van der Waals surface area contributed by atoms with Gasteiger partial charge in [-0.25, -0.2) is 0 Å². The maximum atomic E-state index is 6.27. The number of nitrogens with one attached hydrogen (secondary N) is 1. The highest BCUT2D eigenvalue weighted by Gasteiger charge is 2.48. The largest absolute Gasteiger partial charge is 0.382 e. The van der Waals surface area contributed by atoms with E-state index in [0.29, 0.717) is 18.1 Å². The molecule has 0 spiro atoms. The van der Waals surface area contributed by atoms with E-state index in [4.69, 9.17) is 9.47 Å². The second-order valence-corrected chi connectivity index (χ2v) is 7.46. The quantitative estimate of drug-likeness (QED) is 0.736. The van der Waals surface area contributed by atoms with Gasteiger partial charge in [-0.2, -0.15) is 0 Å². The maximum absolute atomic E-state index is 6.27. The Bertz CT molecular complexity index is 289. The number of methoxy groups -OCH3 is 1. The Kier molecular flexibility index (Phi) is 6.49. The highest BCUT2D eigenvalue weighted by Crippen LogP contribution is 2.44. The molecular formula is C17H35NO2. The lowest BCUT2D eigenvalue weighted by Crippen LogP contribution is -2.45. The lowest BCUT2D eigenvalue weighted by atomic mass is 9.79. The first-order chi connectivity index (χ1) is 9.22. The molecule has 3 atom stereocenters. The molecular weight excluding hydrogens is 250 g/mol. The Labute approximate surface area is 125 Å². The zero-order valence-corrected chi connectivity index (χ0v) is 14.6. The van der Waals surface area contributed by atoms with Crippen LogP contribution in [0.15, 0.2) is 0 Å². The molecule has 20 heavy (non-hydrogen) atoms. The zero-order chi connectivity index (χ0) is 15.4. The molecule has 1 rings (SSSR count). The van der Waals surface area contributed by atoms with Gasteiger partial charge in [-0.15, -0.1) is 0 Å². The second-order valence-electron chi connectivity index (χ2n) is 7.46. The van der Waals surface area contributed by atoms with Crippen molar-refractivity contribution < 1.29 is 9.47 Å². The summed E-state index contributed by atoms with van der Waals surface area (Å²) < 4.78 is 11.7. The molecule has 1 aliphatic heterocycles. The molecule has 3 unspecified atom stereocenters. The lowest BCUT2D eigenvalue weighted by molar-refractivity contribution is -0.0782. The third-order valence-electron chi connectivity index (χ3n) is 4.57. The Balaban J connectivity index is 2.71. The molecule has 0 saturated carbocycles. The zero-order valence-electron chi connectivity index (χ0n) is 14.6. The summed E-state index contributed by atoms with van der Waals surface area (Å²) in [6.07, 6.45) is 4.89. The van der Waals surface area contributed by atoms with Crippen molar-refractivity contribution in [1.29, 1.82) is 0 Å². The van der Waals surface area contributed by atoms with E-state index < -0.39 is 0 Å². The predicted octanol–water partition coefficient (Wildman–Crippen LogP) is 3.76. The van der Waals surface area contributed by atoms with Gasteiger partial charge in [0.25, 0.3) is 0 Å². The van der Waals surface area contributed by atoms with E-state index in [0.717, 1.165) is 25.8 Å². The van der Waals surface area contributed by atoms with Crippen LogP contribution in [-0.2, 0) is 9.47 Å². The minimum absolute atomic E-state index is 0.00676. The van der Waals surface area contributed by atoms with Crippen LogP contribution >= 0.6 is 0 Å². The Morgan fingerprint density at radius 2 is 1.90 bits per heavy atom. The van der Waals surface area contributed by atoms with E-state index in [2.05, 4.69) is 46.9 Å². The molecule has 1 fully saturated rings. The van der Waals surface area contributed by atoms with E-state index >= 15 is 0 Å². The lowest BCUT2D eigenvalue weighted by Gasteiger charge is -2.34. The number of hydrogen-bond acceptors (Lipinski definition) is 3. The van der Waals surface area contributed by atoms with Crippen molar-refractivity contribution in [2.45, 2.75) is 90.6 Å². The van der Waals surface area contributed by atoms with Crippen LogP contribution in [0.4, 0.5) is 0 Å². The summed E-state index contributed by atoms with van der Waals surface area (Å²) in [7, 11) is 1.80. The second kappa shape index (κ2) is 7.24. The minimum Gasteiger partial charge on any atom is -0.382 e. The van der Waals surface area contributed by atoms with Crippen molar-refractivity contribution in [3.8, 4) is 0 Å². The van der Waals surface area contributed by atoms with Gasteiger partial charge in [0.2, 0.25) is 0 Å². The summed E-state index contributed by atoms with van der Waals surface area (Å²) >= 11 is 0. The number of ether oxygens (including phenoxy) is 2. The van der Waals surface area contributed by atoms with E-state index in [9.17, 15) is 0 Å². The van der Waals surface area contributed by atoms with Crippen molar-refractivity contribution in [3.05, 3.63) is 0 Å². The van der Waals surface area contributed by atoms with Crippen LogP contribution in [0.25, 0.3) is 0 Å². The highest BCUT2D eigenvalue weighted by molar-refractivity contribution is 4.99. The van der Waals surface area contributed by atoms with E-state index in [1.54, 1.807) is 7.11 Å². The normalized spacial score (nSPS) is 27.4. The van der Waals surface area contributed by atoms with Gasteiger partial charge in [0.15, 0.2) is 0 Å². The molecule has 120 valence electrons. The van der Waals surface area contributed by atoms with E-state index in [1.165, 1.54) is 6.42 Å². The van der Waals surface area contributed by atoms with Crippen molar-refractivity contribution in [3.63, 3.8) is 0 Å². The molecule has 0 aromatic carbocycles. The average molecular weight is 285 g/mol. The van der Waals surface area contributed by atoms with Crippen LogP contribution in [0.2, 0.25) is 0 Å². The van der Waals surface area contributed by atoms with Gasteiger partial charge in [-0.05, 0) is 66.8 Å². The summed E-state index contributed by atoms with van der Waals surface area (Å²) in [4.78, 5) is 0. The summed E-state index contributed by atoms with van der Waals surface area (Å²) in [6, 6.07) is 0.518. The minimum atomic E-state index is -0.0504. The van der Waals surface area contributed by atoms with Gasteiger partial charge in [-0.1, -0.05) is 6.92 Å². The molecule has 0 bridgehead atoms. The van der Waals surface area contributed by atoms with Gasteiger partial charge in [0.05, 0.1) is 17.3 Å². The topological polar surface area (TPSA) is 30.5 Å². The fourth-order valence-electron chi connectivity index (χ4n) is 3.54. The molecule has 1 saturated heterocycles. The maximum Gasteiger partial charge on any atom is 0.0677 e. The van der Waals surface area contributed by atoms with Crippen molar-refractivity contribution >= 4 is 0 Å².